The van der Waals surface area contributed by atoms with E-state index in [2.05, 4.69) is 5.32 Å². The molecule has 1 amide bonds. The summed E-state index contributed by atoms with van der Waals surface area (Å²) in [6.45, 7) is 0.950. The highest BCUT2D eigenvalue weighted by atomic mass is 16.5. The van der Waals surface area contributed by atoms with E-state index in [1.165, 1.54) is 7.11 Å². The summed E-state index contributed by atoms with van der Waals surface area (Å²) in [6.07, 6.45) is 3.66. The van der Waals surface area contributed by atoms with Crippen LogP contribution in [0.3, 0.4) is 0 Å². The molecule has 0 saturated carbocycles. The molecule has 0 bridgehead atoms. The second-order valence-electron chi connectivity index (χ2n) is 4.21. The van der Waals surface area contributed by atoms with Crippen molar-refractivity contribution in [3.63, 3.8) is 0 Å². The van der Waals surface area contributed by atoms with E-state index in [0.717, 1.165) is 19.3 Å². The molecule has 0 radical (unpaired) electrons. The summed E-state index contributed by atoms with van der Waals surface area (Å²) in [7, 11) is 1.53. The van der Waals surface area contributed by atoms with Crippen LogP contribution in [0, 0.1) is 0 Å². The third-order valence-corrected chi connectivity index (χ3v) is 2.65. The van der Waals surface area contributed by atoms with E-state index in [1.54, 1.807) is 0 Å². The third-order valence-electron chi connectivity index (χ3n) is 2.65. The number of aliphatic carboxylic acids is 1. The van der Waals surface area contributed by atoms with Crippen molar-refractivity contribution in [1.29, 1.82) is 0 Å². The summed E-state index contributed by atoms with van der Waals surface area (Å²) in [4.78, 5) is 21.7. The van der Waals surface area contributed by atoms with Crippen molar-refractivity contribution in [1.82, 2.24) is 5.32 Å². The zero-order chi connectivity index (χ0) is 13.8. The number of hydrogen-bond acceptors (Lipinski definition) is 4. The fraction of sp³-hybridized carbons (Fsp3) is 0.833. The molecule has 1 unspecified atom stereocenters. The summed E-state index contributed by atoms with van der Waals surface area (Å²) in [5.74, 6) is -0.812. The van der Waals surface area contributed by atoms with E-state index >= 15 is 0 Å². The van der Waals surface area contributed by atoms with Crippen molar-refractivity contribution >= 4 is 11.9 Å². The van der Waals surface area contributed by atoms with Gasteiger partial charge in [0, 0.05) is 26.6 Å². The minimum atomic E-state index is -0.754. The Labute approximate surface area is 108 Å². The Balaban J connectivity index is 3.37. The Bertz CT molecular complexity index is 242. The summed E-state index contributed by atoms with van der Waals surface area (Å²) in [5, 5.41) is 11.2. The molecule has 0 aliphatic heterocycles. The summed E-state index contributed by atoms with van der Waals surface area (Å²) in [6, 6.07) is 0. The molecule has 6 nitrogen and oxygen atoms in total. The van der Waals surface area contributed by atoms with Gasteiger partial charge in [-0.1, -0.05) is 12.8 Å². The van der Waals surface area contributed by atoms with Gasteiger partial charge in [-0.3, -0.25) is 9.59 Å². The maximum Gasteiger partial charge on any atom is 0.303 e. The Morgan fingerprint density at radius 3 is 2.50 bits per heavy atom. The zero-order valence-electron chi connectivity index (χ0n) is 11.0. The average molecular weight is 260 g/mol. The number of carboxylic acid groups (broad SMARTS) is 1. The standard InChI is InChI=1S/C12H24N2O4/c1-18-10(9-13)8-11(15)14-7-5-3-2-4-6-12(16)17/h10H,2-9,13H2,1H3,(H,14,15)(H,16,17). The minimum absolute atomic E-state index is 0.0576. The number of carbonyl (C=O) groups is 2. The molecule has 0 aromatic heterocycles. The smallest absolute Gasteiger partial charge is 0.303 e. The second-order valence-corrected chi connectivity index (χ2v) is 4.21. The van der Waals surface area contributed by atoms with Crippen LogP contribution in [0.4, 0.5) is 0 Å². The number of methoxy groups -OCH3 is 1. The maximum absolute atomic E-state index is 11.4. The van der Waals surface area contributed by atoms with Crippen molar-refractivity contribution in [3.05, 3.63) is 0 Å². The fourth-order valence-corrected chi connectivity index (χ4v) is 1.52. The Morgan fingerprint density at radius 2 is 1.94 bits per heavy atom. The molecular weight excluding hydrogens is 236 g/mol. The monoisotopic (exact) mass is 260 g/mol. The van der Waals surface area contributed by atoms with E-state index in [9.17, 15) is 9.59 Å². The summed E-state index contributed by atoms with van der Waals surface area (Å²) in [5.41, 5.74) is 5.41. The number of carbonyl (C=O) groups excluding carboxylic acids is 1. The van der Waals surface area contributed by atoms with E-state index in [1.807, 2.05) is 0 Å². The first-order chi connectivity index (χ1) is 8.60. The highest BCUT2D eigenvalue weighted by Gasteiger charge is 2.10. The number of rotatable bonds is 11. The number of hydrogen-bond donors (Lipinski definition) is 3. The van der Waals surface area contributed by atoms with Crippen LogP contribution >= 0.6 is 0 Å². The SMILES string of the molecule is COC(CN)CC(=O)NCCCCCCC(=O)O. The van der Waals surface area contributed by atoms with Crippen molar-refractivity contribution in [2.24, 2.45) is 5.73 Å². The van der Waals surface area contributed by atoms with Crippen molar-refractivity contribution < 1.29 is 19.4 Å². The predicted octanol–water partition coefficient (Wildman–Crippen LogP) is 0.502. The molecule has 0 aliphatic rings. The van der Waals surface area contributed by atoms with Crippen LogP contribution in [-0.2, 0) is 14.3 Å². The summed E-state index contributed by atoms with van der Waals surface area (Å²) < 4.78 is 5.01. The molecule has 0 aromatic carbocycles. The van der Waals surface area contributed by atoms with E-state index in [4.69, 9.17) is 15.6 Å². The van der Waals surface area contributed by atoms with Gasteiger partial charge in [0.05, 0.1) is 12.5 Å². The van der Waals surface area contributed by atoms with Gasteiger partial charge in [0.25, 0.3) is 0 Å². The Morgan fingerprint density at radius 1 is 1.28 bits per heavy atom. The van der Waals surface area contributed by atoms with Crippen LogP contribution < -0.4 is 11.1 Å². The van der Waals surface area contributed by atoms with Crippen molar-refractivity contribution in [2.75, 3.05) is 20.2 Å². The van der Waals surface area contributed by atoms with Gasteiger partial charge in [-0.15, -0.1) is 0 Å². The molecule has 0 aliphatic carbocycles. The largest absolute Gasteiger partial charge is 0.481 e. The zero-order valence-corrected chi connectivity index (χ0v) is 11.0. The first kappa shape index (κ1) is 16.9. The quantitative estimate of drug-likeness (QED) is 0.470. The lowest BCUT2D eigenvalue weighted by Crippen LogP contribution is -2.32. The van der Waals surface area contributed by atoms with Crippen molar-refractivity contribution in [3.8, 4) is 0 Å². The molecule has 6 heteroatoms. The maximum atomic E-state index is 11.4. The van der Waals surface area contributed by atoms with Crippen LogP contribution in [-0.4, -0.2) is 43.3 Å². The number of unbranched alkanes of at least 4 members (excludes halogenated alkanes) is 3. The molecule has 0 saturated heterocycles. The molecular formula is C12H24N2O4. The molecule has 1 atom stereocenters. The lowest BCUT2D eigenvalue weighted by atomic mass is 10.1. The molecule has 0 aromatic rings. The topological polar surface area (TPSA) is 102 Å². The van der Waals surface area contributed by atoms with E-state index in [0.29, 0.717) is 19.5 Å². The lowest BCUT2D eigenvalue weighted by molar-refractivity contribution is -0.137. The van der Waals surface area contributed by atoms with Gasteiger partial charge in [-0.25, -0.2) is 0 Å². The van der Waals surface area contributed by atoms with Gasteiger partial charge >= 0.3 is 5.97 Å². The van der Waals surface area contributed by atoms with Crippen LogP contribution in [0.25, 0.3) is 0 Å². The van der Waals surface area contributed by atoms with Gasteiger partial charge in [0.15, 0.2) is 0 Å². The number of nitrogens with one attached hydrogen (secondary N) is 1. The van der Waals surface area contributed by atoms with Crippen molar-refractivity contribution in [2.45, 2.75) is 44.6 Å². The number of nitrogens with two attached hydrogens (primary N) is 1. The third kappa shape index (κ3) is 10.0. The highest BCUT2D eigenvalue weighted by Crippen LogP contribution is 2.02. The Kier molecular flexibility index (Phi) is 10.3. The predicted molar refractivity (Wildman–Crippen MR) is 68.2 cm³/mol. The van der Waals surface area contributed by atoms with Gasteiger partial charge < -0.3 is 20.9 Å². The van der Waals surface area contributed by atoms with Crippen LogP contribution in [0.2, 0.25) is 0 Å². The van der Waals surface area contributed by atoms with Crippen LogP contribution in [0.5, 0.6) is 0 Å². The van der Waals surface area contributed by atoms with Crippen LogP contribution in [0.15, 0.2) is 0 Å². The fourth-order valence-electron chi connectivity index (χ4n) is 1.52. The first-order valence-corrected chi connectivity index (χ1v) is 6.31. The van der Waals surface area contributed by atoms with Gasteiger partial charge in [0.1, 0.15) is 0 Å². The second kappa shape index (κ2) is 11.0. The minimum Gasteiger partial charge on any atom is -0.481 e. The molecule has 0 spiro atoms. The molecule has 106 valence electrons. The molecule has 0 rings (SSSR count). The van der Waals surface area contributed by atoms with Crippen LogP contribution in [0.1, 0.15) is 38.5 Å². The number of ether oxygens (including phenoxy) is 1. The molecule has 18 heavy (non-hydrogen) atoms. The van der Waals surface area contributed by atoms with Gasteiger partial charge in [-0.05, 0) is 12.8 Å². The summed E-state index contributed by atoms with van der Waals surface area (Å²) >= 11 is 0. The highest BCUT2D eigenvalue weighted by molar-refractivity contribution is 5.76. The number of carboxylic acids is 1. The normalized spacial score (nSPS) is 12.1. The lowest BCUT2D eigenvalue weighted by Gasteiger charge is -2.12. The average Bonchev–Trinajstić information content (AvgIpc) is 2.34. The molecule has 0 fully saturated rings. The van der Waals surface area contributed by atoms with E-state index in [-0.39, 0.29) is 24.9 Å². The molecule has 4 N–H and O–H groups in total. The first-order valence-electron chi connectivity index (χ1n) is 6.31. The Hall–Kier alpha value is -1.14. The number of amides is 1. The van der Waals surface area contributed by atoms with Gasteiger partial charge in [-0.2, -0.15) is 0 Å². The van der Waals surface area contributed by atoms with Gasteiger partial charge in [0.2, 0.25) is 5.91 Å². The molecule has 0 heterocycles. The van der Waals surface area contributed by atoms with E-state index < -0.39 is 5.97 Å².